The Balaban J connectivity index is 2.85. The molecule has 0 aromatic carbocycles. The molecule has 0 fully saturated rings. The van der Waals surface area contributed by atoms with Gasteiger partial charge in [0.25, 0.3) is 0 Å². The molecule has 0 aliphatic carbocycles. The molecule has 0 spiro atoms. The second kappa shape index (κ2) is 4.50. The maximum Gasteiger partial charge on any atom is 0.161 e. The van der Waals surface area contributed by atoms with Crippen LogP contribution in [0.25, 0.3) is 5.76 Å². The molecule has 0 bridgehead atoms. The Morgan fingerprint density at radius 2 is 2.29 bits per heavy atom. The Morgan fingerprint density at radius 3 is 2.79 bits per heavy atom. The molecule has 74 valence electrons. The fourth-order valence-corrected chi connectivity index (χ4v) is 0.818. The van der Waals surface area contributed by atoms with Gasteiger partial charge in [0.15, 0.2) is 5.78 Å². The highest BCUT2D eigenvalue weighted by atomic mass is 16.3. The molecule has 0 saturated carbocycles. The minimum atomic E-state index is -0.126. The molecule has 0 amide bonds. The van der Waals surface area contributed by atoms with Crippen LogP contribution in [0.2, 0.25) is 0 Å². The molecule has 1 aromatic rings. The summed E-state index contributed by atoms with van der Waals surface area (Å²) in [4.78, 5) is 18.8. The predicted octanol–water partition coefficient (Wildman–Crippen LogP) is 1.60. The third-order valence-corrected chi connectivity index (χ3v) is 1.69. The van der Waals surface area contributed by atoms with Gasteiger partial charge in [-0.15, -0.1) is 0 Å². The number of aliphatic hydroxyl groups is 1. The van der Waals surface area contributed by atoms with E-state index in [1.54, 1.807) is 19.9 Å². The van der Waals surface area contributed by atoms with Crippen LogP contribution < -0.4 is 0 Å². The van der Waals surface area contributed by atoms with Crippen molar-refractivity contribution in [3.63, 3.8) is 0 Å². The SMILES string of the molecule is CC(C)C(=O)C=C(O)c1ccncn1. The van der Waals surface area contributed by atoms with Crippen molar-refractivity contribution in [3.8, 4) is 0 Å². The zero-order valence-electron chi connectivity index (χ0n) is 8.14. The minimum absolute atomic E-state index is 0.119. The van der Waals surface area contributed by atoms with E-state index in [4.69, 9.17) is 0 Å². The fourth-order valence-electron chi connectivity index (χ4n) is 0.818. The van der Waals surface area contributed by atoms with E-state index < -0.39 is 0 Å². The topological polar surface area (TPSA) is 63.1 Å². The van der Waals surface area contributed by atoms with Gasteiger partial charge in [-0.05, 0) is 6.07 Å². The molecule has 1 aromatic heterocycles. The largest absolute Gasteiger partial charge is 0.506 e. The van der Waals surface area contributed by atoms with Crippen LogP contribution >= 0.6 is 0 Å². The van der Waals surface area contributed by atoms with E-state index in [0.29, 0.717) is 5.69 Å². The van der Waals surface area contributed by atoms with Crippen molar-refractivity contribution in [2.75, 3.05) is 0 Å². The summed E-state index contributed by atoms with van der Waals surface area (Å²) in [6.07, 6.45) is 4.01. The molecule has 0 aliphatic heterocycles. The van der Waals surface area contributed by atoms with Crippen molar-refractivity contribution >= 4 is 11.5 Å². The molecule has 0 unspecified atom stereocenters. The van der Waals surface area contributed by atoms with Crippen LogP contribution in [-0.4, -0.2) is 20.9 Å². The first-order chi connectivity index (χ1) is 6.61. The lowest BCUT2D eigenvalue weighted by Gasteiger charge is -2.00. The molecule has 4 heteroatoms. The van der Waals surface area contributed by atoms with Crippen LogP contribution in [0.5, 0.6) is 0 Å². The Hall–Kier alpha value is -1.71. The van der Waals surface area contributed by atoms with Crippen molar-refractivity contribution in [3.05, 3.63) is 30.4 Å². The molecule has 0 aliphatic rings. The summed E-state index contributed by atoms with van der Waals surface area (Å²) >= 11 is 0. The van der Waals surface area contributed by atoms with Gasteiger partial charge in [0.05, 0.1) is 0 Å². The van der Waals surface area contributed by atoms with Crippen LogP contribution in [-0.2, 0) is 4.79 Å². The van der Waals surface area contributed by atoms with Crippen molar-refractivity contribution < 1.29 is 9.90 Å². The molecule has 0 saturated heterocycles. The van der Waals surface area contributed by atoms with Crippen LogP contribution in [0, 0.1) is 5.92 Å². The first kappa shape index (κ1) is 10.4. The standard InChI is InChI=1S/C10H12N2O2/c1-7(2)9(13)5-10(14)8-3-4-11-6-12-8/h3-7,14H,1-2H3. The second-order valence-electron chi connectivity index (χ2n) is 3.18. The minimum Gasteiger partial charge on any atom is -0.506 e. The van der Waals surface area contributed by atoms with Gasteiger partial charge in [-0.3, -0.25) is 4.79 Å². The Bertz CT molecular complexity index is 344. The molecule has 1 rings (SSSR count). The second-order valence-corrected chi connectivity index (χ2v) is 3.18. The lowest BCUT2D eigenvalue weighted by atomic mass is 10.1. The molecule has 1 N–H and O–H groups in total. The van der Waals surface area contributed by atoms with Crippen LogP contribution in [0.3, 0.4) is 0 Å². The fraction of sp³-hybridized carbons (Fsp3) is 0.300. The summed E-state index contributed by atoms with van der Waals surface area (Å²) in [5, 5.41) is 9.49. The smallest absolute Gasteiger partial charge is 0.161 e. The highest BCUT2D eigenvalue weighted by Crippen LogP contribution is 2.08. The summed E-state index contributed by atoms with van der Waals surface area (Å²) in [5.41, 5.74) is 0.356. The number of ketones is 1. The third kappa shape index (κ3) is 2.65. The number of allylic oxidation sites excluding steroid dienone is 1. The van der Waals surface area contributed by atoms with E-state index in [-0.39, 0.29) is 17.5 Å². The van der Waals surface area contributed by atoms with Crippen molar-refractivity contribution in [2.45, 2.75) is 13.8 Å². The Morgan fingerprint density at radius 1 is 1.57 bits per heavy atom. The van der Waals surface area contributed by atoms with Crippen LogP contribution in [0.4, 0.5) is 0 Å². The van der Waals surface area contributed by atoms with Gasteiger partial charge in [0, 0.05) is 18.2 Å². The molecular weight excluding hydrogens is 180 g/mol. The number of nitrogens with zero attached hydrogens (tertiary/aromatic N) is 2. The number of hydrogen-bond acceptors (Lipinski definition) is 4. The summed E-state index contributed by atoms with van der Waals surface area (Å²) in [7, 11) is 0. The van der Waals surface area contributed by atoms with Gasteiger partial charge in [-0.2, -0.15) is 0 Å². The van der Waals surface area contributed by atoms with Gasteiger partial charge in [0.1, 0.15) is 17.8 Å². The maximum atomic E-state index is 11.2. The van der Waals surface area contributed by atoms with Gasteiger partial charge in [-0.25, -0.2) is 9.97 Å². The zero-order chi connectivity index (χ0) is 10.6. The number of aromatic nitrogens is 2. The summed E-state index contributed by atoms with van der Waals surface area (Å²) < 4.78 is 0. The van der Waals surface area contributed by atoms with Gasteiger partial charge in [0.2, 0.25) is 0 Å². The van der Waals surface area contributed by atoms with E-state index in [0.717, 1.165) is 0 Å². The number of aliphatic hydroxyl groups excluding tert-OH is 1. The quantitative estimate of drug-likeness (QED) is 0.583. The van der Waals surface area contributed by atoms with E-state index in [9.17, 15) is 9.90 Å². The lowest BCUT2D eigenvalue weighted by Crippen LogP contribution is -2.04. The average molecular weight is 192 g/mol. The van der Waals surface area contributed by atoms with Crippen LogP contribution in [0.15, 0.2) is 24.7 Å². The molecule has 1 heterocycles. The normalized spacial score (nSPS) is 11.8. The summed E-state index contributed by atoms with van der Waals surface area (Å²) in [6.45, 7) is 3.54. The van der Waals surface area contributed by atoms with Gasteiger partial charge >= 0.3 is 0 Å². The van der Waals surface area contributed by atoms with Crippen molar-refractivity contribution in [2.24, 2.45) is 5.92 Å². The average Bonchev–Trinajstić information content (AvgIpc) is 2.19. The van der Waals surface area contributed by atoms with Crippen molar-refractivity contribution in [1.29, 1.82) is 0 Å². The van der Waals surface area contributed by atoms with Crippen molar-refractivity contribution in [1.82, 2.24) is 9.97 Å². The molecule has 0 atom stereocenters. The first-order valence-corrected chi connectivity index (χ1v) is 4.32. The van der Waals surface area contributed by atoms with E-state index in [1.807, 2.05) is 0 Å². The van der Waals surface area contributed by atoms with E-state index >= 15 is 0 Å². The Kier molecular flexibility index (Phi) is 3.34. The first-order valence-electron chi connectivity index (χ1n) is 4.32. The number of carbonyl (C=O) groups excluding carboxylic acids is 1. The molecule has 0 radical (unpaired) electrons. The number of hydrogen-bond donors (Lipinski definition) is 1. The maximum absolute atomic E-state index is 11.2. The number of rotatable bonds is 3. The number of carbonyl (C=O) groups is 1. The van der Waals surface area contributed by atoms with Crippen LogP contribution in [0.1, 0.15) is 19.5 Å². The Labute approximate surface area is 82.3 Å². The summed E-state index contributed by atoms with van der Waals surface area (Å²) in [6, 6.07) is 1.54. The zero-order valence-corrected chi connectivity index (χ0v) is 8.14. The van der Waals surface area contributed by atoms with E-state index in [1.165, 1.54) is 18.6 Å². The monoisotopic (exact) mass is 192 g/mol. The van der Waals surface area contributed by atoms with E-state index in [2.05, 4.69) is 9.97 Å². The molecular formula is C10H12N2O2. The third-order valence-electron chi connectivity index (χ3n) is 1.69. The van der Waals surface area contributed by atoms with Gasteiger partial charge in [-0.1, -0.05) is 13.8 Å². The molecule has 14 heavy (non-hydrogen) atoms. The predicted molar refractivity (Wildman–Crippen MR) is 52.5 cm³/mol. The highest BCUT2D eigenvalue weighted by molar-refractivity contribution is 5.96. The lowest BCUT2D eigenvalue weighted by molar-refractivity contribution is -0.117. The molecule has 4 nitrogen and oxygen atoms in total. The highest BCUT2D eigenvalue weighted by Gasteiger charge is 2.07. The summed E-state index contributed by atoms with van der Waals surface area (Å²) in [5.74, 6) is -0.369. The van der Waals surface area contributed by atoms with Gasteiger partial charge < -0.3 is 5.11 Å².